The van der Waals surface area contributed by atoms with Crippen molar-refractivity contribution in [3.05, 3.63) is 60.3 Å². The summed E-state index contributed by atoms with van der Waals surface area (Å²) >= 11 is 0. The van der Waals surface area contributed by atoms with E-state index in [-0.39, 0.29) is 30.2 Å². The zero-order valence-electron chi connectivity index (χ0n) is 27.1. The van der Waals surface area contributed by atoms with E-state index in [1.165, 1.54) is 0 Å². The molecular formula is C35H44N6O4. The fourth-order valence-corrected chi connectivity index (χ4v) is 6.39. The first-order chi connectivity index (χ1) is 21.3. The molecule has 10 heteroatoms. The van der Waals surface area contributed by atoms with Crippen molar-refractivity contribution in [2.24, 2.45) is 0 Å². The average molecular weight is 613 g/mol. The molecule has 2 aliphatic rings. The molecule has 2 fully saturated rings. The van der Waals surface area contributed by atoms with Gasteiger partial charge in [0.25, 0.3) is 0 Å². The third-order valence-corrected chi connectivity index (χ3v) is 8.39. The molecule has 0 bridgehead atoms. The van der Waals surface area contributed by atoms with Crippen molar-refractivity contribution >= 4 is 23.2 Å². The Labute approximate surface area is 264 Å². The zero-order chi connectivity index (χ0) is 31.9. The van der Waals surface area contributed by atoms with E-state index in [0.29, 0.717) is 6.54 Å². The minimum atomic E-state index is -0.540. The number of carbonyl (C=O) groups excluding carboxylic acids is 2. The van der Waals surface area contributed by atoms with Crippen LogP contribution in [0.15, 0.2) is 48.7 Å². The van der Waals surface area contributed by atoms with Gasteiger partial charge in [0.15, 0.2) is 0 Å². The lowest BCUT2D eigenvalue weighted by atomic mass is 10.0. The first kappa shape index (κ1) is 30.7. The van der Waals surface area contributed by atoms with Crippen molar-refractivity contribution in [1.82, 2.24) is 30.2 Å². The fourth-order valence-electron chi connectivity index (χ4n) is 6.39. The molecule has 3 heterocycles. The maximum absolute atomic E-state index is 12.8. The minimum absolute atomic E-state index is 0.00630. The number of aromatic amines is 2. The monoisotopic (exact) mass is 612 g/mol. The summed E-state index contributed by atoms with van der Waals surface area (Å²) < 4.78 is 11.1. The second-order valence-corrected chi connectivity index (χ2v) is 14.2. The van der Waals surface area contributed by atoms with Crippen LogP contribution in [0, 0.1) is 0 Å². The fraction of sp³-hybridized carbons (Fsp3) is 0.486. The average Bonchev–Trinajstić information content (AvgIpc) is 3.76. The second-order valence-electron chi connectivity index (χ2n) is 14.2. The highest BCUT2D eigenvalue weighted by molar-refractivity contribution is 5.82. The van der Waals surface area contributed by atoms with Crippen LogP contribution in [0.1, 0.15) is 97.3 Å². The molecule has 10 nitrogen and oxygen atoms in total. The van der Waals surface area contributed by atoms with E-state index in [4.69, 9.17) is 19.4 Å². The summed E-state index contributed by atoms with van der Waals surface area (Å²) in [5, 5.41) is 3.05. The maximum Gasteiger partial charge on any atom is 0.410 e. The number of benzene rings is 2. The number of nitrogens with zero attached hydrogens (tertiary/aromatic N) is 3. The van der Waals surface area contributed by atoms with Crippen LogP contribution in [0.2, 0.25) is 0 Å². The summed E-state index contributed by atoms with van der Waals surface area (Å²) in [5.41, 5.74) is 4.89. The Morgan fingerprint density at radius 2 is 1.56 bits per heavy atom. The molecular weight excluding hydrogens is 568 g/mol. The van der Waals surface area contributed by atoms with Gasteiger partial charge in [-0.25, -0.2) is 19.6 Å². The highest BCUT2D eigenvalue weighted by atomic mass is 16.6. The van der Waals surface area contributed by atoms with Gasteiger partial charge in [0, 0.05) is 18.5 Å². The van der Waals surface area contributed by atoms with E-state index in [9.17, 15) is 9.59 Å². The van der Waals surface area contributed by atoms with Crippen LogP contribution >= 0.6 is 0 Å². The molecule has 2 aromatic heterocycles. The number of aromatic nitrogens is 4. The maximum atomic E-state index is 12.8. The van der Waals surface area contributed by atoms with Crippen LogP contribution in [0.25, 0.3) is 33.4 Å². The first-order valence-corrected chi connectivity index (χ1v) is 16.0. The SMILES string of the molecule is CC(C)(C)OC(=O)N[C@H]1CCC[C@@H]1c1ncc(-c2ccc(-c3ccc4nc([C@@H]5CCCN5C(=O)OC(C)(C)C)[nH]c4c3)cc2)[nH]1. The van der Waals surface area contributed by atoms with Gasteiger partial charge >= 0.3 is 12.2 Å². The molecule has 0 radical (unpaired) electrons. The lowest BCUT2D eigenvalue weighted by Crippen LogP contribution is -2.40. The minimum Gasteiger partial charge on any atom is -0.444 e. The van der Waals surface area contributed by atoms with Crippen LogP contribution in [0.4, 0.5) is 9.59 Å². The Balaban J connectivity index is 1.14. The molecule has 6 rings (SSSR count). The quantitative estimate of drug-likeness (QED) is 0.211. The van der Waals surface area contributed by atoms with E-state index in [1.807, 2.05) is 53.8 Å². The molecule has 2 aromatic carbocycles. The molecule has 0 spiro atoms. The number of alkyl carbamates (subject to hydrolysis) is 1. The highest BCUT2D eigenvalue weighted by Gasteiger charge is 2.35. The number of nitrogens with one attached hydrogen (secondary N) is 3. The summed E-state index contributed by atoms with van der Waals surface area (Å²) in [6, 6.07) is 14.5. The number of rotatable bonds is 5. The number of fused-ring (bicyclic) bond motifs is 1. The van der Waals surface area contributed by atoms with Gasteiger partial charge in [0.1, 0.15) is 22.9 Å². The number of hydrogen-bond donors (Lipinski definition) is 3. The van der Waals surface area contributed by atoms with E-state index in [2.05, 4.69) is 51.7 Å². The highest BCUT2D eigenvalue weighted by Crippen LogP contribution is 2.36. The number of ether oxygens (including phenoxy) is 2. The molecule has 3 atom stereocenters. The van der Waals surface area contributed by atoms with Gasteiger partial charge in [0.2, 0.25) is 0 Å². The van der Waals surface area contributed by atoms with E-state index in [1.54, 1.807) is 4.90 Å². The Bertz CT molecular complexity index is 1680. The molecule has 1 aliphatic heterocycles. The van der Waals surface area contributed by atoms with Crippen LogP contribution in [-0.4, -0.2) is 60.8 Å². The van der Waals surface area contributed by atoms with Crippen LogP contribution < -0.4 is 5.32 Å². The molecule has 45 heavy (non-hydrogen) atoms. The van der Waals surface area contributed by atoms with Crippen LogP contribution in [0.3, 0.4) is 0 Å². The third kappa shape index (κ3) is 7.00. The predicted molar refractivity (Wildman–Crippen MR) is 174 cm³/mol. The molecule has 4 aromatic rings. The second kappa shape index (κ2) is 11.9. The summed E-state index contributed by atoms with van der Waals surface area (Å²) in [7, 11) is 0. The summed E-state index contributed by atoms with van der Waals surface area (Å²) in [6.45, 7) is 11.9. The molecule has 0 unspecified atom stereocenters. The van der Waals surface area contributed by atoms with Crippen molar-refractivity contribution in [3.63, 3.8) is 0 Å². The Hall–Kier alpha value is -4.34. The Kier molecular flexibility index (Phi) is 8.09. The van der Waals surface area contributed by atoms with E-state index < -0.39 is 11.2 Å². The zero-order valence-corrected chi connectivity index (χ0v) is 27.1. The number of carbonyl (C=O) groups is 2. The number of amides is 2. The molecule has 3 N–H and O–H groups in total. The van der Waals surface area contributed by atoms with Gasteiger partial charge in [-0.3, -0.25) is 4.90 Å². The molecule has 1 aliphatic carbocycles. The molecule has 238 valence electrons. The lowest BCUT2D eigenvalue weighted by Gasteiger charge is -2.27. The summed E-state index contributed by atoms with van der Waals surface area (Å²) in [5.74, 6) is 1.80. The van der Waals surface area contributed by atoms with E-state index in [0.717, 1.165) is 77.2 Å². The normalized spacial score (nSPS) is 20.5. The lowest BCUT2D eigenvalue weighted by molar-refractivity contribution is 0.0218. The smallest absolute Gasteiger partial charge is 0.410 e. The van der Waals surface area contributed by atoms with Crippen LogP contribution in [-0.2, 0) is 9.47 Å². The van der Waals surface area contributed by atoms with Gasteiger partial charge in [-0.15, -0.1) is 0 Å². The Morgan fingerprint density at radius 3 is 2.29 bits per heavy atom. The third-order valence-electron chi connectivity index (χ3n) is 8.39. The Morgan fingerprint density at radius 1 is 0.844 bits per heavy atom. The topological polar surface area (TPSA) is 125 Å². The first-order valence-electron chi connectivity index (χ1n) is 16.0. The van der Waals surface area contributed by atoms with Gasteiger partial charge in [-0.05, 0) is 96.0 Å². The van der Waals surface area contributed by atoms with Gasteiger partial charge in [0.05, 0.1) is 29.0 Å². The summed E-state index contributed by atoms with van der Waals surface area (Å²) in [4.78, 5) is 43.5. The van der Waals surface area contributed by atoms with Crippen molar-refractivity contribution in [1.29, 1.82) is 0 Å². The molecule has 1 saturated carbocycles. The van der Waals surface area contributed by atoms with Crippen molar-refractivity contribution in [3.8, 4) is 22.4 Å². The molecule has 2 amide bonds. The van der Waals surface area contributed by atoms with Gasteiger partial charge in [-0.1, -0.05) is 36.8 Å². The van der Waals surface area contributed by atoms with Crippen molar-refractivity contribution in [2.75, 3.05) is 6.54 Å². The van der Waals surface area contributed by atoms with E-state index >= 15 is 0 Å². The van der Waals surface area contributed by atoms with Crippen LogP contribution in [0.5, 0.6) is 0 Å². The number of imidazole rings is 2. The molecule has 1 saturated heterocycles. The number of H-pyrrole nitrogens is 2. The van der Waals surface area contributed by atoms with Crippen molar-refractivity contribution < 1.29 is 19.1 Å². The van der Waals surface area contributed by atoms with Gasteiger partial charge in [-0.2, -0.15) is 0 Å². The standard InChI is InChI=1S/C35H44N6O4/c1-34(2,3)44-32(42)40-25-10-7-9-24(25)30-36-20-28(39-30)22-14-12-21(13-15-22)23-16-17-26-27(19-23)38-31(37-26)29-11-8-18-41(29)33(43)45-35(4,5)6/h12-17,19-20,24-25,29H,7-11,18H2,1-6H3,(H,36,39)(H,37,38)(H,40,42)/t24-,25-,29-/m0/s1. The predicted octanol–water partition coefficient (Wildman–Crippen LogP) is 7.85. The largest absolute Gasteiger partial charge is 0.444 e. The number of hydrogen-bond acceptors (Lipinski definition) is 6. The summed E-state index contributed by atoms with van der Waals surface area (Å²) in [6.07, 6.45) is 5.85. The number of likely N-dealkylation sites (tertiary alicyclic amines) is 1. The van der Waals surface area contributed by atoms with Gasteiger partial charge < -0.3 is 24.8 Å². The van der Waals surface area contributed by atoms with Crippen molar-refractivity contribution in [2.45, 2.75) is 103 Å².